The number of rotatable bonds is 3. The molecule has 0 radical (unpaired) electrons. The zero-order chi connectivity index (χ0) is 12.5. The zero-order valence-corrected chi connectivity index (χ0v) is 10.3. The summed E-state index contributed by atoms with van der Waals surface area (Å²) >= 11 is 0. The number of carbonyl (C=O) groups is 1. The quantitative estimate of drug-likeness (QED) is 0.764. The topological polar surface area (TPSA) is 29.5 Å². The molecule has 18 heavy (non-hydrogen) atoms. The molecule has 2 aliphatic rings. The lowest BCUT2D eigenvalue weighted by atomic mass is 10.2. The van der Waals surface area contributed by atoms with Gasteiger partial charge in [0.2, 0.25) is 0 Å². The average Bonchev–Trinajstić information content (AvgIpc) is 2.88. The molecule has 1 heterocycles. The third kappa shape index (κ3) is 2.01. The van der Waals surface area contributed by atoms with Crippen LogP contribution in [0.1, 0.15) is 5.56 Å². The van der Waals surface area contributed by atoms with Crippen LogP contribution in [0.5, 0.6) is 0 Å². The summed E-state index contributed by atoms with van der Waals surface area (Å²) < 4.78 is 5.31. The second-order valence-electron chi connectivity index (χ2n) is 5.09. The molecule has 2 fully saturated rings. The number of carbonyl (C=O) groups excluding carboxylic acids is 1. The molecule has 1 aliphatic carbocycles. The van der Waals surface area contributed by atoms with Crippen molar-refractivity contribution in [3.8, 4) is 0 Å². The molecule has 2 atom stereocenters. The van der Waals surface area contributed by atoms with Gasteiger partial charge in [-0.2, -0.15) is 0 Å². The Morgan fingerprint density at radius 3 is 2.61 bits per heavy atom. The standard InChI is InChI=1S/C15H17NO2/c1-2-12-13-8-16(9-14(12)13)15(17)18-10-11-6-4-3-5-7-11/h2-7,12-14H,1,8-10H2/t13-,14-/m0/s1. The van der Waals surface area contributed by atoms with Crippen molar-refractivity contribution < 1.29 is 9.53 Å². The zero-order valence-electron chi connectivity index (χ0n) is 10.3. The van der Waals surface area contributed by atoms with Crippen LogP contribution in [0.15, 0.2) is 43.0 Å². The van der Waals surface area contributed by atoms with Crippen molar-refractivity contribution in [3.63, 3.8) is 0 Å². The van der Waals surface area contributed by atoms with Crippen LogP contribution in [0.25, 0.3) is 0 Å². The van der Waals surface area contributed by atoms with Crippen molar-refractivity contribution in [2.75, 3.05) is 13.1 Å². The maximum atomic E-state index is 11.9. The lowest BCUT2D eigenvalue weighted by Crippen LogP contribution is -2.31. The molecule has 1 aromatic rings. The molecule has 0 unspecified atom stereocenters. The molecule has 1 saturated heterocycles. The summed E-state index contributed by atoms with van der Waals surface area (Å²) in [5.41, 5.74) is 1.03. The van der Waals surface area contributed by atoms with Crippen molar-refractivity contribution in [2.24, 2.45) is 17.8 Å². The highest BCUT2D eigenvalue weighted by molar-refractivity contribution is 5.68. The number of fused-ring (bicyclic) bond motifs is 1. The number of benzene rings is 1. The second-order valence-corrected chi connectivity index (χ2v) is 5.09. The molecule has 0 bridgehead atoms. The smallest absolute Gasteiger partial charge is 0.410 e. The fourth-order valence-corrected chi connectivity index (χ4v) is 2.88. The Morgan fingerprint density at radius 1 is 1.33 bits per heavy atom. The van der Waals surface area contributed by atoms with Gasteiger partial charge in [0.15, 0.2) is 0 Å². The van der Waals surface area contributed by atoms with Gasteiger partial charge in [0.05, 0.1) is 0 Å². The van der Waals surface area contributed by atoms with Gasteiger partial charge in [0.1, 0.15) is 6.61 Å². The third-order valence-corrected chi connectivity index (χ3v) is 4.00. The predicted octanol–water partition coefficient (Wildman–Crippen LogP) is 2.69. The number of ether oxygens (including phenoxy) is 1. The largest absolute Gasteiger partial charge is 0.445 e. The van der Waals surface area contributed by atoms with E-state index in [-0.39, 0.29) is 6.09 Å². The minimum absolute atomic E-state index is 0.186. The van der Waals surface area contributed by atoms with Gasteiger partial charge in [0.25, 0.3) is 0 Å². The molecule has 1 saturated carbocycles. The molecular weight excluding hydrogens is 226 g/mol. The first-order valence-corrected chi connectivity index (χ1v) is 6.38. The van der Waals surface area contributed by atoms with Crippen LogP contribution in [-0.2, 0) is 11.3 Å². The predicted molar refractivity (Wildman–Crippen MR) is 68.9 cm³/mol. The summed E-state index contributed by atoms with van der Waals surface area (Å²) in [5, 5.41) is 0. The summed E-state index contributed by atoms with van der Waals surface area (Å²) in [6.45, 7) is 5.83. The van der Waals surface area contributed by atoms with Gasteiger partial charge < -0.3 is 9.64 Å². The van der Waals surface area contributed by atoms with E-state index in [1.165, 1.54) is 0 Å². The van der Waals surface area contributed by atoms with Gasteiger partial charge in [-0.05, 0) is 23.3 Å². The minimum Gasteiger partial charge on any atom is -0.445 e. The SMILES string of the molecule is C=CC1[C@@H]2CN(C(=O)OCc3ccccc3)C[C@@H]12. The number of hydrogen-bond donors (Lipinski definition) is 0. The van der Waals surface area contributed by atoms with E-state index in [9.17, 15) is 4.79 Å². The van der Waals surface area contributed by atoms with Gasteiger partial charge in [-0.15, -0.1) is 6.58 Å². The average molecular weight is 243 g/mol. The van der Waals surface area contributed by atoms with Crippen molar-refractivity contribution in [1.29, 1.82) is 0 Å². The van der Waals surface area contributed by atoms with E-state index >= 15 is 0 Å². The monoisotopic (exact) mass is 243 g/mol. The van der Waals surface area contributed by atoms with Crippen molar-refractivity contribution in [2.45, 2.75) is 6.61 Å². The molecule has 1 aromatic carbocycles. The molecule has 0 aromatic heterocycles. The minimum atomic E-state index is -0.186. The van der Waals surface area contributed by atoms with Crippen molar-refractivity contribution in [1.82, 2.24) is 4.90 Å². The number of nitrogens with zero attached hydrogens (tertiary/aromatic N) is 1. The lowest BCUT2D eigenvalue weighted by molar-refractivity contribution is 0.0994. The van der Waals surface area contributed by atoms with Gasteiger partial charge >= 0.3 is 6.09 Å². The Hall–Kier alpha value is -1.77. The molecule has 3 nitrogen and oxygen atoms in total. The Balaban J connectivity index is 1.48. The van der Waals surface area contributed by atoms with Crippen LogP contribution in [0.4, 0.5) is 4.79 Å². The van der Waals surface area contributed by atoms with Crippen LogP contribution in [0, 0.1) is 17.8 Å². The van der Waals surface area contributed by atoms with E-state index in [0.717, 1.165) is 18.7 Å². The number of piperidine rings is 1. The maximum absolute atomic E-state index is 11.9. The van der Waals surface area contributed by atoms with Gasteiger partial charge in [0, 0.05) is 13.1 Å². The van der Waals surface area contributed by atoms with Crippen molar-refractivity contribution in [3.05, 3.63) is 48.6 Å². The Labute approximate surface area is 107 Å². The van der Waals surface area contributed by atoms with E-state index < -0.39 is 0 Å². The van der Waals surface area contributed by atoms with Crippen molar-refractivity contribution >= 4 is 6.09 Å². The molecule has 94 valence electrons. The first kappa shape index (κ1) is 11.3. The van der Waals surface area contributed by atoms with Gasteiger partial charge in [-0.25, -0.2) is 4.79 Å². The highest BCUT2D eigenvalue weighted by Crippen LogP contribution is 2.52. The fourth-order valence-electron chi connectivity index (χ4n) is 2.88. The highest BCUT2D eigenvalue weighted by Gasteiger charge is 2.55. The Morgan fingerprint density at radius 2 is 2.00 bits per heavy atom. The van der Waals surface area contributed by atoms with Crippen LogP contribution in [0.3, 0.4) is 0 Å². The Kier molecular flexibility index (Phi) is 2.82. The maximum Gasteiger partial charge on any atom is 0.410 e. The van der Waals surface area contributed by atoms with E-state index in [0.29, 0.717) is 24.4 Å². The van der Waals surface area contributed by atoms with Crippen LogP contribution < -0.4 is 0 Å². The molecule has 1 aliphatic heterocycles. The molecule has 0 spiro atoms. The third-order valence-electron chi connectivity index (χ3n) is 4.00. The van der Waals surface area contributed by atoms with E-state index in [1.54, 1.807) is 0 Å². The molecule has 3 rings (SSSR count). The highest BCUT2D eigenvalue weighted by atomic mass is 16.6. The summed E-state index contributed by atoms with van der Waals surface area (Å²) in [5.74, 6) is 1.89. The molecule has 0 N–H and O–H groups in total. The van der Waals surface area contributed by atoms with Gasteiger partial charge in [-0.3, -0.25) is 0 Å². The molecule has 1 amide bonds. The van der Waals surface area contributed by atoms with Gasteiger partial charge in [-0.1, -0.05) is 36.4 Å². The lowest BCUT2D eigenvalue weighted by Gasteiger charge is -2.18. The van der Waals surface area contributed by atoms with Crippen LogP contribution in [0.2, 0.25) is 0 Å². The summed E-state index contributed by atoms with van der Waals surface area (Å²) in [6.07, 6.45) is 1.83. The second kappa shape index (κ2) is 4.48. The fraction of sp³-hybridized carbons (Fsp3) is 0.400. The first-order valence-electron chi connectivity index (χ1n) is 6.38. The normalized spacial score (nSPS) is 28.7. The number of allylic oxidation sites excluding steroid dienone is 1. The number of hydrogen-bond acceptors (Lipinski definition) is 2. The first-order chi connectivity index (χ1) is 8.79. The van der Waals surface area contributed by atoms with E-state index in [2.05, 4.69) is 6.58 Å². The van der Waals surface area contributed by atoms with E-state index in [1.807, 2.05) is 41.3 Å². The number of likely N-dealkylation sites (tertiary alicyclic amines) is 1. The summed E-state index contributed by atoms with van der Waals surface area (Å²) in [6, 6.07) is 9.77. The summed E-state index contributed by atoms with van der Waals surface area (Å²) in [4.78, 5) is 13.7. The number of amides is 1. The van der Waals surface area contributed by atoms with Crippen LogP contribution in [-0.4, -0.2) is 24.1 Å². The summed E-state index contributed by atoms with van der Waals surface area (Å²) in [7, 11) is 0. The molecular formula is C15H17NO2. The Bertz CT molecular complexity index is 445. The van der Waals surface area contributed by atoms with Crippen LogP contribution >= 0.6 is 0 Å². The molecule has 3 heteroatoms. The van der Waals surface area contributed by atoms with E-state index in [4.69, 9.17) is 4.74 Å².